The van der Waals surface area contributed by atoms with Crippen LogP contribution in [-0.2, 0) is 0 Å². The average Bonchev–Trinajstić information content (AvgIpc) is 2.76. The van der Waals surface area contributed by atoms with E-state index in [0.29, 0.717) is 16.3 Å². The number of rotatable bonds is 4. The first-order valence-corrected chi connectivity index (χ1v) is 8.53. The van der Waals surface area contributed by atoms with Crippen molar-refractivity contribution in [3.63, 3.8) is 0 Å². The third-order valence-corrected chi connectivity index (χ3v) is 5.80. The van der Waals surface area contributed by atoms with Crippen LogP contribution in [0, 0.1) is 5.92 Å². The fourth-order valence-corrected chi connectivity index (χ4v) is 5.09. The molecule has 3 heteroatoms. The quantitative estimate of drug-likeness (QED) is 0.772. The summed E-state index contributed by atoms with van der Waals surface area (Å²) in [6.07, 6.45) is 4.79. The Morgan fingerprint density at radius 3 is 2.50 bits per heavy atom. The molecular formula is C17H22O2S. The lowest BCUT2D eigenvalue weighted by Gasteiger charge is -2.27. The lowest BCUT2D eigenvalue weighted by atomic mass is 9.90. The summed E-state index contributed by atoms with van der Waals surface area (Å²) in [6.45, 7) is 4.00. The summed E-state index contributed by atoms with van der Waals surface area (Å²) in [4.78, 5) is 12.8. The van der Waals surface area contributed by atoms with Gasteiger partial charge in [-0.2, -0.15) is 11.8 Å². The number of thioether (sulfide) groups is 1. The SMILES string of the molecule is CC(C)Oc1ccccc1C(=O)C1CC2CCC(C1)S2. The van der Waals surface area contributed by atoms with E-state index in [4.69, 9.17) is 4.74 Å². The van der Waals surface area contributed by atoms with Crippen molar-refractivity contribution in [2.24, 2.45) is 5.92 Å². The van der Waals surface area contributed by atoms with Crippen molar-refractivity contribution in [1.29, 1.82) is 0 Å². The largest absolute Gasteiger partial charge is 0.490 e. The number of ketones is 1. The van der Waals surface area contributed by atoms with Gasteiger partial charge in [0.15, 0.2) is 5.78 Å². The van der Waals surface area contributed by atoms with Gasteiger partial charge in [-0.05, 0) is 51.7 Å². The molecule has 2 fully saturated rings. The van der Waals surface area contributed by atoms with E-state index in [1.165, 1.54) is 12.8 Å². The molecule has 2 bridgehead atoms. The standard InChI is InChI=1S/C17H22O2S/c1-11(2)19-16-6-4-3-5-15(16)17(18)12-9-13-7-8-14(10-12)20-13/h3-6,11-14H,7-10H2,1-2H3. The Labute approximate surface area is 125 Å². The molecule has 0 spiro atoms. The number of para-hydroxylation sites is 1. The number of benzene rings is 1. The fourth-order valence-electron chi connectivity index (χ4n) is 3.32. The third-order valence-electron chi connectivity index (χ3n) is 4.18. The molecule has 2 aliphatic rings. The maximum absolute atomic E-state index is 12.8. The molecule has 0 N–H and O–H groups in total. The van der Waals surface area contributed by atoms with Crippen molar-refractivity contribution in [1.82, 2.24) is 0 Å². The first-order chi connectivity index (χ1) is 9.63. The summed E-state index contributed by atoms with van der Waals surface area (Å²) in [5.74, 6) is 1.24. The highest BCUT2D eigenvalue weighted by Crippen LogP contribution is 2.47. The third kappa shape index (κ3) is 2.88. The maximum atomic E-state index is 12.8. The van der Waals surface area contributed by atoms with Crippen molar-refractivity contribution in [3.05, 3.63) is 29.8 Å². The lowest BCUT2D eigenvalue weighted by molar-refractivity contribution is 0.0901. The predicted molar refractivity (Wildman–Crippen MR) is 83.7 cm³/mol. The van der Waals surface area contributed by atoms with E-state index < -0.39 is 0 Å². The molecule has 1 aromatic carbocycles. The smallest absolute Gasteiger partial charge is 0.169 e. The molecule has 0 aliphatic carbocycles. The molecule has 2 heterocycles. The van der Waals surface area contributed by atoms with Crippen LogP contribution in [0.1, 0.15) is 49.9 Å². The Morgan fingerprint density at radius 1 is 1.20 bits per heavy atom. The van der Waals surface area contributed by atoms with E-state index in [1.807, 2.05) is 38.1 Å². The Morgan fingerprint density at radius 2 is 1.85 bits per heavy atom. The molecule has 1 aromatic rings. The van der Waals surface area contributed by atoms with Crippen LogP contribution in [0.25, 0.3) is 0 Å². The summed E-state index contributed by atoms with van der Waals surface area (Å²) < 4.78 is 5.80. The van der Waals surface area contributed by atoms with Crippen LogP contribution in [0.5, 0.6) is 5.75 Å². The monoisotopic (exact) mass is 290 g/mol. The van der Waals surface area contributed by atoms with Gasteiger partial charge in [0.25, 0.3) is 0 Å². The van der Waals surface area contributed by atoms with Crippen molar-refractivity contribution in [3.8, 4) is 5.75 Å². The van der Waals surface area contributed by atoms with Crippen molar-refractivity contribution < 1.29 is 9.53 Å². The number of hydrogen-bond donors (Lipinski definition) is 0. The second kappa shape index (κ2) is 5.80. The fraction of sp³-hybridized carbons (Fsp3) is 0.588. The molecule has 0 saturated carbocycles. The summed E-state index contributed by atoms with van der Waals surface area (Å²) in [5, 5.41) is 1.42. The van der Waals surface area contributed by atoms with Crippen molar-refractivity contribution in [2.75, 3.05) is 0 Å². The molecular weight excluding hydrogens is 268 g/mol. The highest BCUT2D eigenvalue weighted by molar-refractivity contribution is 8.00. The number of carbonyl (C=O) groups excluding carboxylic acids is 1. The van der Waals surface area contributed by atoms with Crippen LogP contribution < -0.4 is 4.74 Å². The highest BCUT2D eigenvalue weighted by Gasteiger charge is 2.38. The molecule has 0 aromatic heterocycles. The van der Waals surface area contributed by atoms with Gasteiger partial charge in [-0.1, -0.05) is 12.1 Å². The summed E-state index contributed by atoms with van der Waals surface area (Å²) in [6, 6.07) is 7.71. The van der Waals surface area contributed by atoms with Gasteiger partial charge in [-0.15, -0.1) is 0 Å². The van der Waals surface area contributed by atoms with E-state index >= 15 is 0 Å². The van der Waals surface area contributed by atoms with Crippen LogP contribution >= 0.6 is 11.8 Å². The lowest BCUT2D eigenvalue weighted by Crippen LogP contribution is -2.25. The second-order valence-electron chi connectivity index (χ2n) is 6.15. The number of hydrogen-bond acceptors (Lipinski definition) is 3. The molecule has 108 valence electrons. The molecule has 3 rings (SSSR count). The highest BCUT2D eigenvalue weighted by atomic mass is 32.2. The maximum Gasteiger partial charge on any atom is 0.169 e. The van der Waals surface area contributed by atoms with E-state index in [9.17, 15) is 4.79 Å². The van der Waals surface area contributed by atoms with Gasteiger partial charge in [-0.25, -0.2) is 0 Å². The zero-order valence-corrected chi connectivity index (χ0v) is 13.0. The molecule has 2 saturated heterocycles. The number of Topliss-reactive ketones (excluding diaryl/α,β-unsaturated/α-hetero) is 1. The van der Waals surface area contributed by atoms with E-state index in [2.05, 4.69) is 11.8 Å². The van der Waals surface area contributed by atoms with Gasteiger partial charge in [0.05, 0.1) is 11.7 Å². The zero-order chi connectivity index (χ0) is 14.1. The van der Waals surface area contributed by atoms with Crippen LogP contribution in [0.15, 0.2) is 24.3 Å². The van der Waals surface area contributed by atoms with E-state index in [1.54, 1.807) is 0 Å². The van der Waals surface area contributed by atoms with Gasteiger partial charge >= 0.3 is 0 Å². The van der Waals surface area contributed by atoms with Gasteiger partial charge in [0.2, 0.25) is 0 Å². The molecule has 2 unspecified atom stereocenters. The van der Waals surface area contributed by atoms with Gasteiger partial charge < -0.3 is 4.74 Å². The first-order valence-electron chi connectivity index (χ1n) is 7.59. The first kappa shape index (κ1) is 14.0. The Kier molecular flexibility index (Phi) is 4.06. The zero-order valence-electron chi connectivity index (χ0n) is 12.2. The Hall–Kier alpha value is -0.960. The van der Waals surface area contributed by atoms with Crippen molar-refractivity contribution in [2.45, 2.75) is 56.1 Å². The van der Waals surface area contributed by atoms with Gasteiger partial charge in [0.1, 0.15) is 5.75 Å². The topological polar surface area (TPSA) is 26.3 Å². The molecule has 2 nitrogen and oxygen atoms in total. The van der Waals surface area contributed by atoms with Gasteiger partial charge in [0, 0.05) is 16.4 Å². The minimum absolute atomic E-state index is 0.0991. The summed E-state index contributed by atoms with van der Waals surface area (Å²) in [5.41, 5.74) is 0.775. The Bertz CT molecular complexity index is 486. The normalized spacial score (nSPS) is 28.6. The summed E-state index contributed by atoms with van der Waals surface area (Å²) >= 11 is 2.10. The minimum Gasteiger partial charge on any atom is -0.490 e. The average molecular weight is 290 g/mol. The number of fused-ring (bicyclic) bond motifs is 2. The summed E-state index contributed by atoms with van der Waals surface area (Å²) in [7, 11) is 0. The molecule has 20 heavy (non-hydrogen) atoms. The molecule has 2 atom stereocenters. The second-order valence-corrected chi connectivity index (χ2v) is 7.76. The number of carbonyl (C=O) groups is 1. The van der Waals surface area contributed by atoms with Crippen LogP contribution in [-0.4, -0.2) is 22.4 Å². The van der Waals surface area contributed by atoms with E-state index in [0.717, 1.165) is 24.2 Å². The Balaban J connectivity index is 1.80. The van der Waals surface area contributed by atoms with E-state index in [-0.39, 0.29) is 12.0 Å². The van der Waals surface area contributed by atoms with Gasteiger partial charge in [-0.3, -0.25) is 4.79 Å². The number of ether oxygens (including phenoxy) is 1. The van der Waals surface area contributed by atoms with Crippen LogP contribution in [0.4, 0.5) is 0 Å². The molecule has 0 radical (unpaired) electrons. The van der Waals surface area contributed by atoms with Crippen molar-refractivity contribution >= 4 is 17.5 Å². The minimum atomic E-state index is 0.0991. The molecule has 2 aliphatic heterocycles. The predicted octanol–water partition coefficient (Wildman–Crippen LogP) is 4.33. The molecule has 0 amide bonds. The van der Waals surface area contributed by atoms with Crippen LogP contribution in [0.3, 0.4) is 0 Å². The van der Waals surface area contributed by atoms with Crippen LogP contribution in [0.2, 0.25) is 0 Å².